The standard InChI is InChI=1S/C17H20BrFN2/c1-2-9-21-17(6-3-13-7-10-20-11-8-13)15-12-14(18)4-5-16(15)19/h4-5,7-8,10-12,17,21H,2-3,6,9H2,1H3. The minimum absolute atomic E-state index is 0.0237. The van der Waals surface area contributed by atoms with Crippen molar-refractivity contribution < 1.29 is 4.39 Å². The zero-order valence-electron chi connectivity index (χ0n) is 12.2. The Balaban J connectivity index is 2.12. The lowest BCUT2D eigenvalue weighted by Crippen LogP contribution is -2.23. The zero-order valence-corrected chi connectivity index (χ0v) is 13.7. The Morgan fingerprint density at radius 1 is 1.24 bits per heavy atom. The average Bonchev–Trinajstić information content (AvgIpc) is 2.51. The van der Waals surface area contributed by atoms with Crippen LogP contribution in [0.2, 0.25) is 0 Å². The highest BCUT2D eigenvalue weighted by Crippen LogP contribution is 2.25. The van der Waals surface area contributed by atoms with E-state index in [1.165, 1.54) is 11.6 Å². The van der Waals surface area contributed by atoms with Crippen LogP contribution in [0.4, 0.5) is 4.39 Å². The average molecular weight is 351 g/mol. The van der Waals surface area contributed by atoms with Gasteiger partial charge in [-0.15, -0.1) is 0 Å². The number of hydrogen-bond donors (Lipinski definition) is 1. The largest absolute Gasteiger partial charge is 0.310 e. The molecule has 0 saturated heterocycles. The summed E-state index contributed by atoms with van der Waals surface area (Å²) in [6, 6.07) is 9.17. The molecule has 1 unspecified atom stereocenters. The Hall–Kier alpha value is -1.26. The van der Waals surface area contributed by atoms with Gasteiger partial charge in [0.05, 0.1) is 0 Å². The van der Waals surface area contributed by atoms with Gasteiger partial charge < -0.3 is 5.32 Å². The van der Waals surface area contributed by atoms with E-state index in [0.717, 1.165) is 35.8 Å². The second-order valence-corrected chi connectivity index (χ2v) is 5.98. The molecule has 1 aromatic heterocycles. The number of halogens is 2. The fourth-order valence-electron chi connectivity index (χ4n) is 2.33. The second kappa shape index (κ2) is 8.25. The first kappa shape index (κ1) is 16.1. The summed E-state index contributed by atoms with van der Waals surface area (Å²) in [6.07, 6.45) is 6.38. The number of pyridine rings is 1. The highest BCUT2D eigenvalue weighted by molar-refractivity contribution is 9.10. The summed E-state index contributed by atoms with van der Waals surface area (Å²) < 4.78 is 15.0. The molecular formula is C17H20BrFN2. The highest BCUT2D eigenvalue weighted by Gasteiger charge is 2.15. The van der Waals surface area contributed by atoms with Crippen molar-refractivity contribution in [3.63, 3.8) is 0 Å². The minimum atomic E-state index is -0.151. The van der Waals surface area contributed by atoms with E-state index in [2.05, 4.69) is 33.2 Å². The van der Waals surface area contributed by atoms with E-state index in [-0.39, 0.29) is 11.9 Å². The smallest absolute Gasteiger partial charge is 0.128 e. The van der Waals surface area contributed by atoms with Crippen molar-refractivity contribution in [2.45, 2.75) is 32.2 Å². The van der Waals surface area contributed by atoms with Gasteiger partial charge in [-0.2, -0.15) is 0 Å². The molecule has 0 amide bonds. The van der Waals surface area contributed by atoms with E-state index in [9.17, 15) is 4.39 Å². The van der Waals surface area contributed by atoms with Crippen molar-refractivity contribution in [2.24, 2.45) is 0 Å². The zero-order chi connectivity index (χ0) is 15.1. The van der Waals surface area contributed by atoms with Gasteiger partial charge in [0.2, 0.25) is 0 Å². The highest BCUT2D eigenvalue weighted by atomic mass is 79.9. The Labute approximate surface area is 133 Å². The van der Waals surface area contributed by atoms with E-state index in [0.29, 0.717) is 0 Å². The third kappa shape index (κ3) is 4.90. The first-order chi connectivity index (χ1) is 10.2. The van der Waals surface area contributed by atoms with Gasteiger partial charge in [0.1, 0.15) is 5.82 Å². The van der Waals surface area contributed by atoms with Crippen molar-refractivity contribution >= 4 is 15.9 Å². The maximum Gasteiger partial charge on any atom is 0.128 e. The Morgan fingerprint density at radius 3 is 2.71 bits per heavy atom. The lowest BCUT2D eigenvalue weighted by Gasteiger charge is -2.20. The third-order valence-electron chi connectivity index (χ3n) is 3.45. The van der Waals surface area contributed by atoms with Gasteiger partial charge >= 0.3 is 0 Å². The molecule has 0 bridgehead atoms. The van der Waals surface area contributed by atoms with Crippen molar-refractivity contribution in [2.75, 3.05) is 6.54 Å². The van der Waals surface area contributed by atoms with Gasteiger partial charge in [-0.05, 0) is 61.7 Å². The predicted molar refractivity (Wildman–Crippen MR) is 87.7 cm³/mol. The molecule has 0 fully saturated rings. The molecule has 1 N–H and O–H groups in total. The summed E-state index contributed by atoms with van der Waals surface area (Å²) in [6.45, 7) is 3.00. The van der Waals surface area contributed by atoms with Crippen molar-refractivity contribution in [1.82, 2.24) is 10.3 Å². The van der Waals surface area contributed by atoms with E-state index in [4.69, 9.17) is 0 Å². The van der Waals surface area contributed by atoms with Crippen LogP contribution in [0, 0.1) is 5.82 Å². The number of hydrogen-bond acceptors (Lipinski definition) is 2. The fourth-order valence-corrected chi connectivity index (χ4v) is 2.71. The molecule has 0 saturated carbocycles. The van der Waals surface area contributed by atoms with Gasteiger partial charge in [0.25, 0.3) is 0 Å². The number of nitrogens with one attached hydrogen (secondary N) is 1. The summed E-state index contributed by atoms with van der Waals surface area (Å²) in [5, 5.41) is 3.45. The molecule has 0 aliphatic heterocycles. The molecule has 1 aromatic carbocycles. The third-order valence-corrected chi connectivity index (χ3v) is 3.94. The Bertz CT molecular complexity index is 560. The lowest BCUT2D eigenvalue weighted by molar-refractivity contribution is 0.473. The maximum absolute atomic E-state index is 14.1. The molecule has 1 heterocycles. The molecule has 1 atom stereocenters. The molecule has 21 heavy (non-hydrogen) atoms. The van der Waals surface area contributed by atoms with E-state index in [1.807, 2.05) is 18.2 Å². The molecule has 0 aliphatic carbocycles. The summed E-state index contributed by atoms with van der Waals surface area (Å²) in [4.78, 5) is 4.02. The maximum atomic E-state index is 14.1. The topological polar surface area (TPSA) is 24.9 Å². The quantitative estimate of drug-likeness (QED) is 0.785. The van der Waals surface area contributed by atoms with E-state index >= 15 is 0 Å². The summed E-state index contributed by atoms with van der Waals surface area (Å²) >= 11 is 3.43. The van der Waals surface area contributed by atoms with Crippen LogP contribution in [0.5, 0.6) is 0 Å². The number of aryl methyl sites for hydroxylation is 1. The molecule has 2 rings (SSSR count). The van der Waals surface area contributed by atoms with Crippen molar-refractivity contribution in [3.05, 3.63) is 64.1 Å². The second-order valence-electron chi connectivity index (χ2n) is 5.07. The molecule has 0 spiro atoms. The molecular weight excluding hydrogens is 331 g/mol. The van der Waals surface area contributed by atoms with Crippen LogP contribution in [0.15, 0.2) is 47.2 Å². The van der Waals surface area contributed by atoms with E-state index in [1.54, 1.807) is 18.5 Å². The van der Waals surface area contributed by atoms with Gasteiger partial charge in [0.15, 0.2) is 0 Å². The van der Waals surface area contributed by atoms with Crippen LogP contribution in [0.3, 0.4) is 0 Å². The first-order valence-electron chi connectivity index (χ1n) is 7.28. The normalized spacial score (nSPS) is 12.3. The van der Waals surface area contributed by atoms with Crippen LogP contribution in [-0.4, -0.2) is 11.5 Å². The monoisotopic (exact) mass is 350 g/mol. The van der Waals surface area contributed by atoms with Gasteiger partial charge in [-0.3, -0.25) is 4.98 Å². The van der Waals surface area contributed by atoms with Crippen LogP contribution in [-0.2, 0) is 6.42 Å². The number of nitrogens with zero attached hydrogens (tertiary/aromatic N) is 1. The first-order valence-corrected chi connectivity index (χ1v) is 8.07. The van der Waals surface area contributed by atoms with Crippen molar-refractivity contribution in [1.29, 1.82) is 0 Å². The molecule has 112 valence electrons. The van der Waals surface area contributed by atoms with Gasteiger partial charge in [-0.25, -0.2) is 4.39 Å². The summed E-state index contributed by atoms with van der Waals surface area (Å²) in [5.74, 6) is -0.151. The molecule has 2 nitrogen and oxygen atoms in total. The van der Waals surface area contributed by atoms with E-state index < -0.39 is 0 Å². The molecule has 0 aliphatic rings. The number of benzene rings is 1. The van der Waals surface area contributed by atoms with Crippen LogP contribution >= 0.6 is 15.9 Å². The fraction of sp³-hybridized carbons (Fsp3) is 0.353. The number of aromatic nitrogens is 1. The van der Waals surface area contributed by atoms with Gasteiger partial charge in [-0.1, -0.05) is 22.9 Å². The summed E-state index contributed by atoms with van der Waals surface area (Å²) in [7, 11) is 0. The Kier molecular flexibility index (Phi) is 6.33. The summed E-state index contributed by atoms with van der Waals surface area (Å²) in [5.41, 5.74) is 1.95. The molecule has 0 radical (unpaired) electrons. The van der Waals surface area contributed by atoms with Crippen LogP contribution in [0.25, 0.3) is 0 Å². The lowest BCUT2D eigenvalue weighted by atomic mass is 9.98. The SMILES string of the molecule is CCCNC(CCc1ccncc1)c1cc(Br)ccc1F. The van der Waals surface area contributed by atoms with Gasteiger partial charge in [0, 0.05) is 28.5 Å². The molecule has 4 heteroatoms. The number of rotatable bonds is 7. The Morgan fingerprint density at radius 2 is 2.00 bits per heavy atom. The van der Waals surface area contributed by atoms with Crippen molar-refractivity contribution in [3.8, 4) is 0 Å². The predicted octanol–water partition coefficient (Wildman–Crippen LogP) is 4.66. The minimum Gasteiger partial charge on any atom is -0.310 e. The van der Waals surface area contributed by atoms with Crippen LogP contribution in [0.1, 0.15) is 36.9 Å². The van der Waals surface area contributed by atoms with Crippen LogP contribution < -0.4 is 5.32 Å². The molecule has 2 aromatic rings.